The molecule has 0 unspecified atom stereocenters. The van der Waals surface area contributed by atoms with Gasteiger partial charge in [-0.1, -0.05) is 12.1 Å². The second-order valence-electron chi connectivity index (χ2n) is 5.39. The van der Waals surface area contributed by atoms with E-state index in [0.29, 0.717) is 0 Å². The van der Waals surface area contributed by atoms with Gasteiger partial charge < -0.3 is 5.32 Å². The molecule has 0 saturated heterocycles. The van der Waals surface area contributed by atoms with Crippen LogP contribution < -0.4 is 5.32 Å². The molecule has 0 aliphatic carbocycles. The number of aryl methyl sites for hydroxylation is 1. The average Bonchev–Trinajstić information content (AvgIpc) is 3.15. The lowest BCUT2D eigenvalue weighted by atomic mass is 9.99. The first kappa shape index (κ1) is 12.3. The van der Waals surface area contributed by atoms with E-state index in [1.807, 2.05) is 36.6 Å². The molecule has 0 amide bonds. The molecule has 0 bridgehead atoms. The fraction of sp³-hybridized carbons (Fsp3) is 0.250. The number of nitrogens with one attached hydrogen (secondary N) is 1. The molecule has 1 N–H and O–H groups in total. The Bertz CT molecular complexity index is 784. The minimum Gasteiger partial charge on any atom is -0.312 e. The summed E-state index contributed by atoms with van der Waals surface area (Å²) in [6, 6.07) is 6.51. The smallest absolute Gasteiger partial charge is 0.0997 e. The summed E-state index contributed by atoms with van der Waals surface area (Å²) >= 11 is 0. The summed E-state index contributed by atoms with van der Waals surface area (Å²) in [7, 11) is 1.93. The molecule has 0 fully saturated rings. The topological polar surface area (TPSA) is 47.7 Å². The quantitative estimate of drug-likeness (QED) is 0.779. The monoisotopic (exact) mass is 279 g/mol. The van der Waals surface area contributed by atoms with Gasteiger partial charge >= 0.3 is 0 Å². The van der Waals surface area contributed by atoms with E-state index in [4.69, 9.17) is 0 Å². The lowest BCUT2D eigenvalue weighted by molar-refractivity contribution is 0.640. The van der Waals surface area contributed by atoms with Gasteiger partial charge in [0, 0.05) is 25.4 Å². The molecule has 1 aliphatic rings. The first-order valence-corrected chi connectivity index (χ1v) is 7.16. The van der Waals surface area contributed by atoms with Crippen LogP contribution in [0.3, 0.4) is 0 Å². The van der Waals surface area contributed by atoms with Crippen molar-refractivity contribution in [2.45, 2.75) is 13.0 Å². The molecule has 3 heterocycles. The second-order valence-corrected chi connectivity index (χ2v) is 5.39. The third-order valence-electron chi connectivity index (χ3n) is 4.02. The molecule has 0 atom stereocenters. The molecule has 106 valence electrons. The first-order chi connectivity index (χ1) is 10.3. The van der Waals surface area contributed by atoms with Crippen LogP contribution in [0.15, 0.2) is 43.1 Å². The second kappa shape index (κ2) is 4.86. The van der Waals surface area contributed by atoms with Crippen LogP contribution in [0.5, 0.6) is 0 Å². The zero-order chi connectivity index (χ0) is 14.2. The van der Waals surface area contributed by atoms with E-state index in [0.717, 1.165) is 30.8 Å². The van der Waals surface area contributed by atoms with Crippen molar-refractivity contribution >= 4 is 0 Å². The molecule has 5 nitrogen and oxygen atoms in total. The minimum absolute atomic E-state index is 0.913. The van der Waals surface area contributed by atoms with Crippen LogP contribution in [0.2, 0.25) is 0 Å². The Morgan fingerprint density at radius 1 is 1.24 bits per heavy atom. The standard InChI is InChI=1S/C16H17N5/c1-20-10-13(7-19-20)16-9-18-11-21(16)15-4-2-3-12-5-6-17-8-14(12)15/h2-4,7,9-11,17H,5-6,8H2,1H3. The molecule has 0 spiro atoms. The fourth-order valence-corrected chi connectivity index (χ4v) is 2.98. The zero-order valence-electron chi connectivity index (χ0n) is 12.0. The number of imidazole rings is 1. The van der Waals surface area contributed by atoms with Crippen LogP contribution in [-0.4, -0.2) is 25.9 Å². The van der Waals surface area contributed by atoms with E-state index in [-0.39, 0.29) is 0 Å². The zero-order valence-corrected chi connectivity index (χ0v) is 12.0. The Balaban J connectivity index is 1.87. The third kappa shape index (κ3) is 2.06. The predicted molar refractivity (Wildman–Crippen MR) is 81.2 cm³/mol. The Morgan fingerprint density at radius 3 is 3.05 bits per heavy atom. The van der Waals surface area contributed by atoms with E-state index in [1.165, 1.54) is 16.8 Å². The largest absolute Gasteiger partial charge is 0.312 e. The summed E-state index contributed by atoms with van der Waals surface area (Å²) in [6.45, 7) is 1.96. The SMILES string of the molecule is Cn1cc(-c2cncn2-c2cccc3c2CNCC3)cn1. The lowest BCUT2D eigenvalue weighted by Gasteiger charge is -2.21. The van der Waals surface area contributed by atoms with Crippen molar-refractivity contribution < 1.29 is 0 Å². The van der Waals surface area contributed by atoms with Gasteiger partial charge in [-0.3, -0.25) is 9.25 Å². The van der Waals surface area contributed by atoms with Crippen LogP contribution in [0.4, 0.5) is 0 Å². The van der Waals surface area contributed by atoms with Crippen molar-refractivity contribution in [3.63, 3.8) is 0 Å². The summed E-state index contributed by atoms with van der Waals surface area (Å²) in [5, 5.41) is 7.71. The molecule has 0 saturated carbocycles. The summed E-state index contributed by atoms with van der Waals surface area (Å²) in [5.41, 5.74) is 6.15. The molecular weight excluding hydrogens is 262 g/mol. The van der Waals surface area contributed by atoms with E-state index in [2.05, 4.69) is 38.2 Å². The number of rotatable bonds is 2. The van der Waals surface area contributed by atoms with Crippen molar-refractivity contribution in [1.29, 1.82) is 0 Å². The highest BCUT2D eigenvalue weighted by atomic mass is 15.2. The van der Waals surface area contributed by atoms with E-state index in [9.17, 15) is 0 Å². The van der Waals surface area contributed by atoms with Gasteiger partial charge in [0.25, 0.3) is 0 Å². The molecule has 2 aromatic heterocycles. The van der Waals surface area contributed by atoms with Gasteiger partial charge in [-0.15, -0.1) is 0 Å². The molecule has 1 aromatic carbocycles. The fourth-order valence-electron chi connectivity index (χ4n) is 2.98. The van der Waals surface area contributed by atoms with Gasteiger partial charge in [0.2, 0.25) is 0 Å². The van der Waals surface area contributed by atoms with E-state index in [1.54, 1.807) is 0 Å². The number of nitrogens with zero attached hydrogens (tertiary/aromatic N) is 4. The Hall–Kier alpha value is -2.40. The van der Waals surface area contributed by atoms with Gasteiger partial charge in [0.15, 0.2) is 0 Å². The number of fused-ring (bicyclic) bond motifs is 1. The minimum atomic E-state index is 0.913. The Morgan fingerprint density at radius 2 is 2.19 bits per heavy atom. The highest BCUT2D eigenvalue weighted by Gasteiger charge is 2.16. The summed E-state index contributed by atoms with van der Waals surface area (Å²) in [5.74, 6) is 0. The Labute approximate surface area is 123 Å². The van der Waals surface area contributed by atoms with E-state index >= 15 is 0 Å². The Kier molecular flexibility index (Phi) is 2.86. The first-order valence-electron chi connectivity index (χ1n) is 7.16. The molecule has 0 radical (unpaired) electrons. The van der Waals surface area contributed by atoms with Crippen molar-refractivity contribution in [3.8, 4) is 16.9 Å². The number of aromatic nitrogens is 4. The molecule has 21 heavy (non-hydrogen) atoms. The van der Waals surface area contributed by atoms with Crippen molar-refractivity contribution in [3.05, 3.63) is 54.2 Å². The van der Waals surface area contributed by atoms with Gasteiger partial charge in [0.05, 0.1) is 30.1 Å². The average molecular weight is 279 g/mol. The maximum Gasteiger partial charge on any atom is 0.0997 e. The number of hydrogen-bond donors (Lipinski definition) is 1. The van der Waals surface area contributed by atoms with Gasteiger partial charge in [-0.05, 0) is 30.2 Å². The van der Waals surface area contributed by atoms with Crippen LogP contribution in [0.1, 0.15) is 11.1 Å². The maximum absolute atomic E-state index is 4.34. The summed E-state index contributed by atoms with van der Waals surface area (Å²) in [4.78, 5) is 4.34. The number of hydrogen-bond acceptors (Lipinski definition) is 3. The number of benzene rings is 1. The van der Waals surface area contributed by atoms with Crippen LogP contribution >= 0.6 is 0 Å². The predicted octanol–water partition coefficient (Wildman–Crippen LogP) is 1.92. The van der Waals surface area contributed by atoms with Crippen LogP contribution in [0.25, 0.3) is 16.9 Å². The van der Waals surface area contributed by atoms with Crippen molar-refractivity contribution in [2.75, 3.05) is 6.54 Å². The summed E-state index contributed by atoms with van der Waals surface area (Å²) < 4.78 is 3.97. The van der Waals surface area contributed by atoms with Crippen LogP contribution in [0, 0.1) is 0 Å². The molecule has 5 heteroatoms. The highest BCUT2D eigenvalue weighted by Crippen LogP contribution is 2.27. The highest BCUT2D eigenvalue weighted by molar-refractivity contribution is 5.62. The third-order valence-corrected chi connectivity index (χ3v) is 4.02. The normalized spacial score (nSPS) is 14.1. The maximum atomic E-state index is 4.34. The van der Waals surface area contributed by atoms with Crippen molar-refractivity contribution in [1.82, 2.24) is 24.6 Å². The summed E-state index contributed by atoms with van der Waals surface area (Å²) in [6.07, 6.45) is 8.75. The molecular formula is C16H17N5. The molecule has 3 aromatic rings. The van der Waals surface area contributed by atoms with Gasteiger partial charge in [-0.2, -0.15) is 5.10 Å². The van der Waals surface area contributed by atoms with Gasteiger partial charge in [-0.25, -0.2) is 4.98 Å². The van der Waals surface area contributed by atoms with Crippen LogP contribution in [-0.2, 0) is 20.0 Å². The van der Waals surface area contributed by atoms with E-state index < -0.39 is 0 Å². The molecule has 4 rings (SSSR count). The van der Waals surface area contributed by atoms with Gasteiger partial charge in [0.1, 0.15) is 0 Å². The molecule has 1 aliphatic heterocycles. The lowest BCUT2D eigenvalue weighted by Crippen LogP contribution is -2.25. The van der Waals surface area contributed by atoms with Crippen molar-refractivity contribution in [2.24, 2.45) is 7.05 Å².